The first kappa shape index (κ1) is 19.3. The number of morpholine rings is 1. The largest absolute Gasteiger partial charge is 0.481 e. The average Bonchev–Trinajstić information content (AvgIpc) is 3.00. The number of rotatable bonds is 2. The van der Waals surface area contributed by atoms with E-state index in [1.807, 2.05) is 18.2 Å². The Bertz CT molecular complexity index is 732. The maximum absolute atomic E-state index is 12.5. The van der Waals surface area contributed by atoms with Crippen LogP contribution >= 0.6 is 0 Å². The highest BCUT2D eigenvalue weighted by molar-refractivity contribution is 6.00. The molecule has 0 bridgehead atoms. The molecule has 0 spiro atoms. The number of nitrogens with one attached hydrogen (secondary N) is 3. The molecule has 1 aromatic carbocycles. The molecule has 4 rings (SSSR count). The van der Waals surface area contributed by atoms with Gasteiger partial charge in [0.25, 0.3) is 5.97 Å². The molecule has 146 valence electrons. The molecule has 3 aliphatic rings. The Morgan fingerprint density at radius 1 is 1.30 bits per heavy atom. The molecule has 0 radical (unpaired) electrons. The minimum absolute atomic E-state index is 0.00479. The van der Waals surface area contributed by atoms with Crippen molar-refractivity contribution in [3.63, 3.8) is 0 Å². The van der Waals surface area contributed by atoms with E-state index in [-0.39, 0.29) is 29.9 Å². The van der Waals surface area contributed by atoms with Crippen molar-refractivity contribution in [3.8, 4) is 0 Å². The second-order valence-electron chi connectivity index (χ2n) is 7.08. The van der Waals surface area contributed by atoms with E-state index in [2.05, 4.69) is 16.0 Å². The Labute approximate surface area is 157 Å². The molecule has 1 saturated carbocycles. The fourth-order valence-electron chi connectivity index (χ4n) is 3.80. The third-order valence-corrected chi connectivity index (χ3v) is 5.00. The van der Waals surface area contributed by atoms with Gasteiger partial charge in [0.2, 0.25) is 11.8 Å². The van der Waals surface area contributed by atoms with Crippen molar-refractivity contribution >= 4 is 29.2 Å². The van der Waals surface area contributed by atoms with Crippen LogP contribution in [0.25, 0.3) is 0 Å². The number of hydrogen-bond donors (Lipinski definition) is 4. The summed E-state index contributed by atoms with van der Waals surface area (Å²) in [6.45, 7) is 2.71. The highest BCUT2D eigenvalue weighted by atomic mass is 16.5. The Morgan fingerprint density at radius 3 is 2.85 bits per heavy atom. The minimum atomic E-state index is -0.833. The van der Waals surface area contributed by atoms with Gasteiger partial charge < -0.3 is 25.8 Å². The van der Waals surface area contributed by atoms with Crippen LogP contribution < -0.4 is 16.0 Å². The quantitative estimate of drug-likeness (QED) is 0.620. The van der Waals surface area contributed by atoms with Crippen LogP contribution in [0.5, 0.6) is 0 Å². The zero-order valence-corrected chi connectivity index (χ0v) is 15.3. The zero-order valence-electron chi connectivity index (χ0n) is 15.3. The lowest BCUT2D eigenvalue weighted by molar-refractivity contribution is -0.134. The van der Waals surface area contributed by atoms with Gasteiger partial charge in [-0.3, -0.25) is 14.4 Å². The van der Waals surface area contributed by atoms with Crippen LogP contribution in [-0.2, 0) is 25.5 Å². The predicted molar refractivity (Wildman–Crippen MR) is 99.6 cm³/mol. The summed E-state index contributed by atoms with van der Waals surface area (Å²) in [5, 5.41) is 16.7. The molecule has 1 saturated heterocycles. The van der Waals surface area contributed by atoms with Gasteiger partial charge >= 0.3 is 0 Å². The molecule has 0 unspecified atom stereocenters. The molecular weight excluding hydrogens is 350 g/mol. The number of carboxylic acids is 1. The summed E-state index contributed by atoms with van der Waals surface area (Å²) >= 11 is 0. The van der Waals surface area contributed by atoms with Gasteiger partial charge in [0.1, 0.15) is 0 Å². The first-order valence-electron chi connectivity index (χ1n) is 9.20. The lowest BCUT2D eigenvalue weighted by Gasteiger charge is -2.39. The average molecular weight is 375 g/mol. The van der Waals surface area contributed by atoms with Gasteiger partial charge in [0.15, 0.2) is 0 Å². The summed E-state index contributed by atoms with van der Waals surface area (Å²) in [6, 6.07) is 5.87. The van der Waals surface area contributed by atoms with Crippen LogP contribution in [0, 0.1) is 5.92 Å². The zero-order chi connectivity index (χ0) is 19.4. The number of benzene rings is 1. The molecule has 2 amide bonds. The van der Waals surface area contributed by atoms with E-state index in [1.54, 1.807) is 0 Å². The highest BCUT2D eigenvalue weighted by Crippen LogP contribution is 2.30. The fraction of sp³-hybridized carbons (Fsp3) is 0.526. The Morgan fingerprint density at radius 2 is 2.07 bits per heavy atom. The number of ether oxygens (including phenoxy) is 1. The van der Waals surface area contributed by atoms with E-state index < -0.39 is 5.97 Å². The topological polar surface area (TPSA) is 117 Å². The first-order chi connectivity index (χ1) is 12.9. The van der Waals surface area contributed by atoms with Crippen LogP contribution in [0.1, 0.15) is 31.7 Å². The van der Waals surface area contributed by atoms with E-state index in [0.29, 0.717) is 6.42 Å². The lowest BCUT2D eigenvalue weighted by atomic mass is 9.82. The summed E-state index contributed by atoms with van der Waals surface area (Å²) in [5.41, 5.74) is 2.55. The second kappa shape index (κ2) is 8.49. The van der Waals surface area contributed by atoms with Gasteiger partial charge in [0.05, 0.1) is 19.1 Å². The fourth-order valence-corrected chi connectivity index (χ4v) is 3.80. The van der Waals surface area contributed by atoms with Crippen molar-refractivity contribution in [2.24, 2.45) is 5.92 Å². The molecule has 4 N–H and O–H groups in total. The Hall–Kier alpha value is -2.45. The third-order valence-electron chi connectivity index (χ3n) is 5.00. The normalized spacial score (nSPS) is 26.0. The summed E-state index contributed by atoms with van der Waals surface area (Å²) in [4.78, 5) is 32.9. The summed E-state index contributed by atoms with van der Waals surface area (Å²) < 4.78 is 5.76. The van der Waals surface area contributed by atoms with Gasteiger partial charge in [-0.25, -0.2) is 0 Å². The van der Waals surface area contributed by atoms with E-state index in [0.717, 1.165) is 56.3 Å². The SMILES string of the molecule is CC(=O)O.O=C1Cc2cc(NC(=O)[C@H]3CC[C@H]4OCCN[C@@H]4C3)ccc2N1. The molecule has 2 heterocycles. The van der Waals surface area contributed by atoms with Crippen LogP contribution in [0.3, 0.4) is 0 Å². The van der Waals surface area contributed by atoms with E-state index in [4.69, 9.17) is 14.6 Å². The van der Waals surface area contributed by atoms with E-state index >= 15 is 0 Å². The van der Waals surface area contributed by atoms with Crippen molar-refractivity contribution in [2.75, 3.05) is 23.8 Å². The molecule has 1 aliphatic carbocycles. The monoisotopic (exact) mass is 375 g/mol. The molecular formula is C19H25N3O5. The summed E-state index contributed by atoms with van der Waals surface area (Å²) in [7, 11) is 0. The first-order valence-corrected chi connectivity index (χ1v) is 9.20. The van der Waals surface area contributed by atoms with Crippen molar-refractivity contribution in [2.45, 2.75) is 44.8 Å². The molecule has 2 fully saturated rings. The van der Waals surface area contributed by atoms with Gasteiger partial charge in [0, 0.05) is 36.8 Å². The van der Waals surface area contributed by atoms with Crippen LogP contribution in [-0.4, -0.2) is 48.2 Å². The van der Waals surface area contributed by atoms with Crippen LogP contribution in [0.4, 0.5) is 11.4 Å². The molecule has 8 nitrogen and oxygen atoms in total. The number of carboxylic acid groups (broad SMARTS) is 1. The maximum Gasteiger partial charge on any atom is 0.300 e. The molecule has 8 heteroatoms. The van der Waals surface area contributed by atoms with Crippen molar-refractivity contribution in [1.82, 2.24) is 5.32 Å². The maximum atomic E-state index is 12.5. The van der Waals surface area contributed by atoms with Crippen LogP contribution in [0.2, 0.25) is 0 Å². The molecule has 27 heavy (non-hydrogen) atoms. The molecule has 2 aliphatic heterocycles. The number of hydrogen-bond acceptors (Lipinski definition) is 5. The Kier molecular flexibility index (Phi) is 6.08. The standard InChI is InChI=1S/C17H21N3O3.C2H4O2/c21-16-9-11-7-12(2-3-13(11)20-16)19-17(22)10-1-4-15-14(8-10)18-5-6-23-15;1-2(3)4/h2-3,7,10,14-15,18H,1,4-6,8-9H2,(H,19,22)(H,20,21);1H3,(H,3,4)/t10-,14+,15+;/m0./s1. The third kappa shape index (κ3) is 5.05. The van der Waals surface area contributed by atoms with Gasteiger partial charge in [-0.1, -0.05) is 0 Å². The number of amides is 2. The lowest BCUT2D eigenvalue weighted by Crippen LogP contribution is -2.52. The number of fused-ring (bicyclic) bond motifs is 2. The van der Waals surface area contributed by atoms with Gasteiger partial charge in [-0.2, -0.15) is 0 Å². The minimum Gasteiger partial charge on any atom is -0.481 e. The van der Waals surface area contributed by atoms with E-state index in [1.165, 1.54) is 0 Å². The predicted octanol–water partition coefficient (Wildman–Crippen LogP) is 1.37. The second-order valence-corrected chi connectivity index (χ2v) is 7.08. The van der Waals surface area contributed by atoms with Crippen molar-refractivity contribution in [3.05, 3.63) is 23.8 Å². The highest BCUT2D eigenvalue weighted by Gasteiger charge is 2.35. The van der Waals surface area contributed by atoms with Crippen molar-refractivity contribution < 1.29 is 24.2 Å². The van der Waals surface area contributed by atoms with Crippen molar-refractivity contribution in [1.29, 1.82) is 0 Å². The molecule has 3 atom stereocenters. The van der Waals surface area contributed by atoms with Crippen LogP contribution in [0.15, 0.2) is 18.2 Å². The number of anilines is 2. The summed E-state index contributed by atoms with van der Waals surface area (Å²) in [6.07, 6.45) is 3.25. The van der Waals surface area contributed by atoms with E-state index in [9.17, 15) is 9.59 Å². The van der Waals surface area contributed by atoms with Gasteiger partial charge in [-0.05, 0) is 43.0 Å². The summed E-state index contributed by atoms with van der Waals surface area (Å²) in [5.74, 6) is -0.753. The number of aliphatic carboxylic acids is 1. The smallest absolute Gasteiger partial charge is 0.300 e. The number of carbonyl (C=O) groups excluding carboxylic acids is 2. The Balaban J connectivity index is 0.000000481. The molecule has 1 aromatic rings. The molecule has 0 aromatic heterocycles. The number of carbonyl (C=O) groups is 3. The van der Waals surface area contributed by atoms with Gasteiger partial charge in [-0.15, -0.1) is 0 Å².